The second-order valence-corrected chi connectivity index (χ2v) is 8.24. The van der Waals surface area contributed by atoms with Crippen molar-refractivity contribution in [3.63, 3.8) is 0 Å². The van der Waals surface area contributed by atoms with Gasteiger partial charge >= 0.3 is 6.18 Å². The summed E-state index contributed by atoms with van der Waals surface area (Å²) >= 11 is 5.87. The van der Waals surface area contributed by atoms with Gasteiger partial charge in [-0.1, -0.05) is 23.7 Å². The molecule has 3 N–H and O–H groups in total. The number of nitrogens with one attached hydrogen (secondary N) is 3. The molecule has 11 heteroatoms. The smallest absolute Gasteiger partial charge is 0.368 e. The number of anilines is 2. The van der Waals surface area contributed by atoms with Crippen molar-refractivity contribution in [3.05, 3.63) is 58.6 Å². The fourth-order valence-corrected chi connectivity index (χ4v) is 3.68. The third kappa shape index (κ3) is 6.94. The SMILES string of the molecule is CC(=O)NC(CC(=O)Nc1ccc(NC(=O)C2CCCO2)cc1C(F)(F)F)c1ccc(Cl)cc1. The zero-order valence-electron chi connectivity index (χ0n) is 18.2. The molecule has 1 aliphatic rings. The highest BCUT2D eigenvalue weighted by Crippen LogP contribution is 2.37. The van der Waals surface area contributed by atoms with Crippen LogP contribution in [-0.4, -0.2) is 30.4 Å². The predicted molar refractivity (Wildman–Crippen MR) is 120 cm³/mol. The first-order valence-electron chi connectivity index (χ1n) is 10.5. The van der Waals surface area contributed by atoms with Gasteiger partial charge in [-0.05, 0) is 48.7 Å². The molecule has 2 aromatic rings. The summed E-state index contributed by atoms with van der Waals surface area (Å²) in [5.74, 6) is -1.67. The summed E-state index contributed by atoms with van der Waals surface area (Å²) in [5, 5.41) is 7.75. The number of carbonyl (C=O) groups is 3. The van der Waals surface area contributed by atoms with E-state index in [-0.39, 0.29) is 12.1 Å². The van der Waals surface area contributed by atoms with Gasteiger partial charge in [-0.2, -0.15) is 13.2 Å². The van der Waals surface area contributed by atoms with Crippen LogP contribution in [0.25, 0.3) is 0 Å². The van der Waals surface area contributed by atoms with Crippen LogP contribution < -0.4 is 16.0 Å². The minimum absolute atomic E-state index is 0.0666. The van der Waals surface area contributed by atoms with Crippen molar-refractivity contribution < 1.29 is 32.3 Å². The summed E-state index contributed by atoms with van der Waals surface area (Å²) in [5.41, 5.74) is -1.08. The van der Waals surface area contributed by atoms with Crippen LogP contribution >= 0.6 is 11.6 Å². The molecule has 2 unspecified atom stereocenters. The molecular formula is C23H23ClF3N3O4. The van der Waals surface area contributed by atoms with E-state index >= 15 is 0 Å². The number of hydrogen-bond donors (Lipinski definition) is 3. The molecule has 182 valence electrons. The minimum Gasteiger partial charge on any atom is -0.368 e. The zero-order valence-corrected chi connectivity index (χ0v) is 18.9. The fourth-order valence-electron chi connectivity index (χ4n) is 3.55. The molecule has 1 fully saturated rings. The molecule has 1 heterocycles. The number of hydrogen-bond acceptors (Lipinski definition) is 4. The van der Waals surface area contributed by atoms with Crippen LogP contribution in [0.1, 0.15) is 43.4 Å². The first-order valence-corrected chi connectivity index (χ1v) is 10.9. The standard InChI is InChI=1S/C23H23ClF3N3O4/c1-13(31)28-19(14-4-6-15(24)7-5-14)12-21(32)30-18-9-8-16(11-17(18)23(25,26)27)29-22(33)20-3-2-10-34-20/h4-9,11,19-20H,2-3,10,12H2,1H3,(H,28,31)(H,29,33)(H,30,32). The molecular weight excluding hydrogens is 475 g/mol. The molecule has 7 nitrogen and oxygen atoms in total. The maximum absolute atomic E-state index is 13.7. The first kappa shape index (κ1) is 25.5. The number of amides is 3. The third-order valence-electron chi connectivity index (χ3n) is 5.13. The predicted octanol–water partition coefficient (Wildman–Crippen LogP) is 4.68. The number of rotatable bonds is 7. The Morgan fingerprint density at radius 3 is 2.41 bits per heavy atom. The molecule has 0 saturated carbocycles. The lowest BCUT2D eigenvalue weighted by Gasteiger charge is -2.20. The van der Waals surface area contributed by atoms with Gasteiger partial charge in [0.1, 0.15) is 6.10 Å². The van der Waals surface area contributed by atoms with E-state index in [0.29, 0.717) is 30.0 Å². The van der Waals surface area contributed by atoms with E-state index in [9.17, 15) is 27.6 Å². The topological polar surface area (TPSA) is 96.5 Å². The molecule has 0 bridgehead atoms. The summed E-state index contributed by atoms with van der Waals surface area (Å²) in [6, 6.07) is 8.71. The molecule has 1 aliphatic heterocycles. The number of ether oxygens (including phenoxy) is 1. The monoisotopic (exact) mass is 497 g/mol. The van der Waals surface area contributed by atoms with E-state index in [1.807, 2.05) is 0 Å². The van der Waals surface area contributed by atoms with E-state index in [2.05, 4.69) is 16.0 Å². The summed E-state index contributed by atoms with van der Waals surface area (Å²) in [6.07, 6.45) is -4.61. The largest absolute Gasteiger partial charge is 0.418 e. The molecule has 0 spiro atoms. The molecule has 34 heavy (non-hydrogen) atoms. The van der Waals surface area contributed by atoms with E-state index in [1.165, 1.54) is 13.0 Å². The second kappa shape index (κ2) is 10.9. The van der Waals surface area contributed by atoms with Crippen LogP contribution in [0.3, 0.4) is 0 Å². The Labute approximate surface area is 199 Å². The van der Waals surface area contributed by atoms with Crippen molar-refractivity contribution in [3.8, 4) is 0 Å². The molecule has 0 radical (unpaired) electrons. The Bertz CT molecular complexity index is 1050. The van der Waals surface area contributed by atoms with Gasteiger partial charge in [-0.3, -0.25) is 14.4 Å². The van der Waals surface area contributed by atoms with Crippen molar-refractivity contribution in [1.82, 2.24) is 5.32 Å². The second-order valence-electron chi connectivity index (χ2n) is 7.81. The van der Waals surface area contributed by atoms with Gasteiger partial charge in [0.15, 0.2) is 0 Å². The van der Waals surface area contributed by atoms with Crippen LogP contribution in [0.5, 0.6) is 0 Å². The Hall–Kier alpha value is -3.11. The molecule has 3 amide bonds. The van der Waals surface area contributed by atoms with Crippen molar-refractivity contribution >= 4 is 40.7 Å². The molecule has 3 rings (SSSR count). The van der Waals surface area contributed by atoms with Gasteiger partial charge in [-0.25, -0.2) is 0 Å². The van der Waals surface area contributed by atoms with Crippen LogP contribution in [0, 0.1) is 0 Å². The Morgan fingerprint density at radius 1 is 1.12 bits per heavy atom. The highest BCUT2D eigenvalue weighted by molar-refractivity contribution is 6.30. The van der Waals surface area contributed by atoms with Gasteiger partial charge in [0.25, 0.3) is 5.91 Å². The van der Waals surface area contributed by atoms with Gasteiger partial charge in [-0.15, -0.1) is 0 Å². The first-order chi connectivity index (χ1) is 16.0. The van der Waals surface area contributed by atoms with Crippen molar-refractivity contribution in [2.24, 2.45) is 0 Å². The van der Waals surface area contributed by atoms with Crippen molar-refractivity contribution in [2.75, 3.05) is 17.2 Å². The molecule has 2 aromatic carbocycles. The summed E-state index contributed by atoms with van der Waals surface area (Å²) in [4.78, 5) is 36.4. The normalized spacial score (nSPS) is 16.6. The van der Waals surface area contributed by atoms with Gasteiger partial charge in [0, 0.05) is 24.2 Å². The van der Waals surface area contributed by atoms with Gasteiger partial charge in [0.2, 0.25) is 11.8 Å². The summed E-state index contributed by atoms with van der Waals surface area (Å²) < 4.78 is 46.3. The van der Waals surface area contributed by atoms with E-state index < -0.39 is 47.3 Å². The number of alkyl halides is 3. The average molecular weight is 498 g/mol. The van der Waals surface area contributed by atoms with Crippen LogP contribution in [0.4, 0.5) is 24.5 Å². The molecule has 0 aliphatic carbocycles. The number of benzene rings is 2. The molecule has 1 saturated heterocycles. The molecule has 2 atom stereocenters. The maximum atomic E-state index is 13.7. The van der Waals surface area contributed by atoms with Crippen molar-refractivity contribution in [1.29, 1.82) is 0 Å². The minimum atomic E-state index is -4.79. The van der Waals surface area contributed by atoms with Crippen LogP contribution in [-0.2, 0) is 25.3 Å². The van der Waals surface area contributed by atoms with Crippen LogP contribution in [0.15, 0.2) is 42.5 Å². The van der Waals surface area contributed by atoms with E-state index in [4.69, 9.17) is 16.3 Å². The fraction of sp³-hybridized carbons (Fsp3) is 0.348. The lowest BCUT2D eigenvalue weighted by atomic mass is 10.0. The third-order valence-corrected chi connectivity index (χ3v) is 5.38. The Balaban J connectivity index is 1.76. The van der Waals surface area contributed by atoms with E-state index in [1.54, 1.807) is 24.3 Å². The highest BCUT2D eigenvalue weighted by atomic mass is 35.5. The Kier molecular flexibility index (Phi) is 8.16. The summed E-state index contributed by atoms with van der Waals surface area (Å²) in [6.45, 7) is 1.69. The van der Waals surface area contributed by atoms with Crippen LogP contribution in [0.2, 0.25) is 5.02 Å². The maximum Gasteiger partial charge on any atom is 0.418 e. The zero-order chi connectivity index (χ0) is 24.9. The van der Waals surface area contributed by atoms with Gasteiger partial charge in [0.05, 0.1) is 23.7 Å². The summed E-state index contributed by atoms with van der Waals surface area (Å²) in [7, 11) is 0. The lowest BCUT2D eigenvalue weighted by molar-refractivity contribution is -0.137. The number of carbonyl (C=O) groups excluding carboxylic acids is 3. The van der Waals surface area contributed by atoms with E-state index in [0.717, 1.165) is 12.1 Å². The highest BCUT2D eigenvalue weighted by Gasteiger charge is 2.35. The Morgan fingerprint density at radius 2 is 1.82 bits per heavy atom. The number of halogens is 4. The van der Waals surface area contributed by atoms with Gasteiger partial charge < -0.3 is 20.7 Å². The molecule has 0 aromatic heterocycles. The lowest BCUT2D eigenvalue weighted by Crippen LogP contribution is -2.30. The average Bonchev–Trinajstić information content (AvgIpc) is 3.29. The van der Waals surface area contributed by atoms with Crippen molar-refractivity contribution in [2.45, 2.75) is 44.5 Å². The quantitative estimate of drug-likeness (QED) is 0.517.